The lowest BCUT2D eigenvalue weighted by atomic mass is 9.95. The van der Waals surface area contributed by atoms with Crippen molar-refractivity contribution in [1.29, 1.82) is 0 Å². The molecule has 1 aliphatic rings. The lowest BCUT2D eigenvalue weighted by Gasteiger charge is -2.31. The van der Waals surface area contributed by atoms with E-state index in [0.717, 1.165) is 17.9 Å². The van der Waals surface area contributed by atoms with Crippen molar-refractivity contribution >= 4 is 11.6 Å². The molecule has 2 rings (SSSR count). The summed E-state index contributed by atoms with van der Waals surface area (Å²) in [4.78, 5) is 0. The summed E-state index contributed by atoms with van der Waals surface area (Å²) in [6.45, 7) is 4.60. The van der Waals surface area contributed by atoms with Crippen LogP contribution in [0.3, 0.4) is 0 Å². The molecular weight excluding hydrogens is 222 g/mol. The van der Waals surface area contributed by atoms with Crippen molar-refractivity contribution in [3.63, 3.8) is 0 Å². The molecule has 0 radical (unpaired) electrons. The Balaban J connectivity index is 2.42. The fourth-order valence-electron chi connectivity index (χ4n) is 2.50. The second kappa shape index (κ2) is 4.36. The minimum atomic E-state index is -0.325. The van der Waals surface area contributed by atoms with Crippen LogP contribution < -0.4 is 5.73 Å². The molecule has 1 unspecified atom stereocenters. The normalized spacial score (nSPS) is 23.8. The standard InChI is InChI=1S/C13H18ClNO/c1-9(2)16-13(8-15)6-5-10-3-4-11(14)7-12(10)13/h3-4,7,9H,5-6,8,15H2,1-2H3. The highest BCUT2D eigenvalue weighted by Crippen LogP contribution is 2.41. The molecule has 0 aliphatic heterocycles. The van der Waals surface area contributed by atoms with E-state index in [0.29, 0.717) is 6.54 Å². The Morgan fingerprint density at radius 2 is 2.25 bits per heavy atom. The van der Waals surface area contributed by atoms with Gasteiger partial charge in [0, 0.05) is 11.6 Å². The van der Waals surface area contributed by atoms with Gasteiger partial charge in [0.2, 0.25) is 0 Å². The summed E-state index contributed by atoms with van der Waals surface area (Å²) < 4.78 is 6.05. The summed E-state index contributed by atoms with van der Waals surface area (Å²) in [5, 5.41) is 0.755. The third-order valence-corrected chi connectivity index (χ3v) is 3.39. The molecule has 0 saturated carbocycles. The van der Waals surface area contributed by atoms with Crippen molar-refractivity contribution in [2.75, 3.05) is 6.54 Å². The predicted molar refractivity (Wildman–Crippen MR) is 66.7 cm³/mol. The highest BCUT2D eigenvalue weighted by atomic mass is 35.5. The number of halogens is 1. The summed E-state index contributed by atoms with van der Waals surface area (Å²) in [7, 11) is 0. The van der Waals surface area contributed by atoms with Gasteiger partial charge in [-0.05, 0) is 49.9 Å². The van der Waals surface area contributed by atoms with Gasteiger partial charge in [-0.3, -0.25) is 0 Å². The van der Waals surface area contributed by atoms with Crippen LogP contribution in [0.1, 0.15) is 31.4 Å². The van der Waals surface area contributed by atoms with Crippen LogP contribution in [0.25, 0.3) is 0 Å². The maximum absolute atomic E-state index is 6.05. The third-order valence-electron chi connectivity index (χ3n) is 3.15. The monoisotopic (exact) mass is 239 g/mol. The van der Waals surface area contributed by atoms with Crippen LogP contribution in [0, 0.1) is 0 Å². The number of aryl methyl sites for hydroxylation is 1. The molecule has 3 heteroatoms. The predicted octanol–water partition coefficient (Wildman–Crippen LogP) is 2.87. The summed E-state index contributed by atoms with van der Waals surface area (Å²) in [6.07, 6.45) is 2.15. The Kier molecular flexibility index (Phi) is 3.24. The van der Waals surface area contributed by atoms with E-state index < -0.39 is 0 Å². The molecule has 2 N–H and O–H groups in total. The van der Waals surface area contributed by atoms with E-state index in [4.69, 9.17) is 22.1 Å². The Bertz CT molecular complexity index is 392. The summed E-state index contributed by atoms with van der Waals surface area (Å²) in [5.74, 6) is 0. The molecule has 1 aromatic carbocycles. The molecule has 1 aromatic rings. The molecule has 2 nitrogen and oxygen atoms in total. The largest absolute Gasteiger partial charge is 0.366 e. The molecule has 0 spiro atoms. The van der Waals surface area contributed by atoms with Crippen molar-refractivity contribution in [3.05, 3.63) is 34.3 Å². The van der Waals surface area contributed by atoms with Crippen LogP contribution in [-0.2, 0) is 16.8 Å². The molecular formula is C13H18ClNO. The van der Waals surface area contributed by atoms with Crippen molar-refractivity contribution in [3.8, 4) is 0 Å². The van der Waals surface area contributed by atoms with Crippen LogP contribution in [0.5, 0.6) is 0 Å². The van der Waals surface area contributed by atoms with Gasteiger partial charge < -0.3 is 10.5 Å². The van der Waals surface area contributed by atoms with E-state index in [-0.39, 0.29) is 11.7 Å². The van der Waals surface area contributed by atoms with Gasteiger partial charge in [0.1, 0.15) is 5.60 Å². The molecule has 16 heavy (non-hydrogen) atoms. The first kappa shape index (κ1) is 11.9. The highest BCUT2D eigenvalue weighted by molar-refractivity contribution is 6.30. The van der Waals surface area contributed by atoms with Crippen LogP contribution in [0.4, 0.5) is 0 Å². The van der Waals surface area contributed by atoms with Crippen molar-refractivity contribution < 1.29 is 4.74 Å². The van der Waals surface area contributed by atoms with Gasteiger partial charge in [-0.15, -0.1) is 0 Å². The van der Waals surface area contributed by atoms with Crippen molar-refractivity contribution in [2.24, 2.45) is 5.73 Å². The van der Waals surface area contributed by atoms with E-state index in [1.165, 1.54) is 11.1 Å². The zero-order valence-electron chi connectivity index (χ0n) is 9.79. The number of rotatable bonds is 3. The first-order valence-electron chi connectivity index (χ1n) is 5.74. The molecule has 0 bridgehead atoms. The lowest BCUT2D eigenvalue weighted by Crippen LogP contribution is -2.38. The first-order valence-corrected chi connectivity index (χ1v) is 6.12. The maximum Gasteiger partial charge on any atom is 0.106 e. The number of hydrogen-bond acceptors (Lipinski definition) is 2. The topological polar surface area (TPSA) is 35.2 Å². The zero-order chi connectivity index (χ0) is 11.8. The van der Waals surface area contributed by atoms with Gasteiger partial charge in [0.05, 0.1) is 6.10 Å². The lowest BCUT2D eigenvalue weighted by molar-refractivity contribution is -0.0780. The van der Waals surface area contributed by atoms with Gasteiger partial charge in [-0.25, -0.2) is 0 Å². The fraction of sp³-hybridized carbons (Fsp3) is 0.538. The second-order valence-electron chi connectivity index (χ2n) is 4.67. The molecule has 1 aliphatic carbocycles. The number of fused-ring (bicyclic) bond motifs is 1. The molecule has 1 atom stereocenters. The quantitative estimate of drug-likeness (QED) is 0.881. The van der Waals surface area contributed by atoms with Gasteiger partial charge in [0.15, 0.2) is 0 Å². The highest BCUT2D eigenvalue weighted by Gasteiger charge is 2.39. The van der Waals surface area contributed by atoms with E-state index >= 15 is 0 Å². The maximum atomic E-state index is 6.05. The summed E-state index contributed by atoms with van der Waals surface area (Å²) in [5.41, 5.74) is 8.08. The summed E-state index contributed by atoms with van der Waals surface area (Å²) >= 11 is 6.05. The number of nitrogens with two attached hydrogens (primary N) is 1. The fourth-order valence-corrected chi connectivity index (χ4v) is 2.67. The average Bonchev–Trinajstić information content (AvgIpc) is 2.57. The molecule has 0 saturated heterocycles. The zero-order valence-corrected chi connectivity index (χ0v) is 10.6. The molecule has 88 valence electrons. The molecule has 0 heterocycles. The second-order valence-corrected chi connectivity index (χ2v) is 5.10. The van der Waals surface area contributed by atoms with E-state index in [2.05, 4.69) is 6.07 Å². The summed E-state index contributed by atoms with van der Waals surface area (Å²) in [6, 6.07) is 6.01. The van der Waals surface area contributed by atoms with Crippen molar-refractivity contribution in [1.82, 2.24) is 0 Å². The molecule has 0 fully saturated rings. The smallest absolute Gasteiger partial charge is 0.106 e. The van der Waals surface area contributed by atoms with Crippen molar-refractivity contribution in [2.45, 2.75) is 38.4 Å². The Hall–Kier alpha value is -0.570. The van der Waals surface area contributed by atoms with Gasteiger partial charge in [0.25, 0.3) is 0 Å². The minimum Gasteiger partial charge on any atom is -0.366 e. The van der Waals surface area contributed by atoms with Crippen LogP contribution >= 0.6 is 11.6 Å². The third kappa shape index (κ3) is 1.97. The Morgan fingerprint density at radius 3 is 2.88 bits per heavy atom. The van der Waals surface area contributed by atoms with E-state index in [1.54, 1.807) is 0 Å². The van der Waals surface area contributed by atoms with E-state index in [9.17, 15) is 0 Å². The van der Waals surface area contributed by atoms with Gasteiger partial charge in [-0.1, -0.05) is 17.7 Å². The van der Waals surface area contributed by atoms with Crippen LogP contribution in [-0.4, -0.2) is 12.6 Å². The molecule has 0 amide bonds. The van der Waals surface area contributed by atoms with Crippen LogP contribution in [0.15, 0.2) is 18.2 Å². The SMILES string of the molecule is CC(C)OC1(CN)CCc2ccc(Cl)cc21. The Morgan fingerprint density at radius 1 is 1.50 bits per heavy atom. The van der Waals surface area contributed by atoms with Gasteiger partial charge in [-0.2, -0.15) is 0 Å². The Labute approximate surface area is 102 Å². The first-order chi connectivity index (χ1) is 7.57. The number of hydrogen-bond donors (Lipinski definition) is 1. The number of ether oxygens (including phenoxy) is 1. The number of benzene rings is 1. The van der Waals surface area contributed by atoms with Gasteiger partial charge >= 0.3 is 0 Å². The average molecular weight is 240 g/mol. The van der Waals surface area contributed by atoms with Crippen LogP contribution in [0.2, 0.25) is 5.02 Å². The minimum absolute atomic E-state index is 0.175. The van der Waals surface area contributed by atoms with E-state index in [1.807, 2.05) is 26.0 Å². The molecule has 0 aromatic heterocycles.